The summed E-state index contributed by atoms with van der Waals surface area (Å²) in [6.45, 7) is 3.46. The highest BCUT2D eigenvalue weighted by Crippen LogP contribution is 1.98. The van der Waals surface area contributed by atoms with Crippen molar-refractivity contribution in [2.45, 2.75) is 0 Å². The number of carbonyl (C=O) groups excluding carboxylic acids is 1. The van der Waals surface area contributed by atoms with Crippen LogP contribution in [0.15, 0.2) is 0 Å². The second-order valence-electron chi connectivity index (χ2n) is 3.45. The van der Waals surface area contributed by atoms with Crippen LogP contribution in [0.5, 0.6) is 0 Å². The summed E-state index contributed by atoms with van der Waals surface area (Å²) in [6.07, 6.45) is 0. The Morgan fingerprint density at radius 3 is 2.50 bits per heavy atom. The minimum absolute atomic E-state index is 0.00769. The molecular weight excluding hydrogens is 182 g/mol. The molecule has 0 aromatic carbocycles. The molecular formula is C8H17N5O. The van der Waals surface area contributed by atoms with Gasteiger partial charge < -0.3 is 20.9 Å². The van der Waals surface area contributed by atoms with Crippen molar-refractivity contribution in [3.8, 4) is 0 Å². The number of guanidine groups is 1. The topological polar surface area (TPSA) is 85.5 Å². The van der Waals surface area contributed by atoms with E-state index in [0.29, 0.717) is 0 Å². The van der Waals surface area contributed by atoms with E-state index in [2.05, 4.69) is 10.2 Å². The summed E-state index contributed by atoms with van der Waals surface area (Å²) >= 11 is 0. The molecule has 6 nitrogen and oxygen atoms in total. The first kappa shape index (κ1) is 10.8. The Labute approximate surface area is 83.5 Å². The first-order chi connectivity index (χ1) is 6.59. The highest BCUT2D eigenvalue weighted by Gasteiger charge is 2.18. The molecule has 80 valence electrons. The number of likely N-dealkylation sites (N-methyl/N-ethyl adjacent to an activating group) is 1. The molecule has 4 N–H and O–H groups in total. The highest BCUT2D eigenvalue weighted by atomic mass is 16.2. The van der Waals surface area contributed by atoms with Gasteiger partial charge in [-0.25, -0.2) is 0 Å². The van der Waals surface area contributed by atoms with Crippen molar-refractivity contribution in [2.24, 2.45) is 5.73 Å². The van der Waals surface area contributed by atoms with Crippen molar-refractivity contribution < 1.29 is 4.79 Å². The summed E-state index contributed by atoms with van der Waals surface area (Å²) in [5, 5.41) is 9.43. The van der Waals surface area contributed by atoms with Gasteiger partial charge in [-0.15, -0.1) is 0 Å². The summed E-state index contributed by atoms with van der Waals surface area (Å²) in [5.41, 5.74) is 5.09. The monoisotopic (exact) mass is 199 g/mol. The lowest BCUT2D eigenvalue weighted by molar-refractivity contribution is -0.131. The Bertz CT molecular complexity index is 222. The number of hydrogen-bond donors (Lipinski definition) is 3. The molecule has 1 rings (SSSR count). The molecule has 0 atom stereocenters. The number of carbonyl (C=O) groups is 1. The second-order valence-corrected chi connectivity index (χ2v) is 3.45. The molecule has 0 aromatic rings. The molecule has 1 heterocycles. The fraction of sp³-hybridized carbons (Fsp3) is 0.750. The molecule has 1 amide bonds. The van der Waals surface area contributed by atoms with Crippen LogP contribution in [0.25, 0.3) is 0 Å². The predicted octanol–water partition coefficient (Wildman–Crippen LogP) is -1.76. The van der Waals surface area contributed by atoms with Crippen molar-refractivity contribution in [3.63, 3.8) is 0 Å². The van der Waals surface area contributed by atoms with Gasteiger partial charge in [-0.05, 0) is 7.05 Å². The molecule has 0 bridgehead atoms. The largest absolute Gasteiger partial charge is 0.370 e. The average molecular weight is 199 g/mol. The zero-order valence-electron chi connectivity index (χ0n) is 8.42. The van der Waals surface area contributed by atoms with E-state index in [1.54, 1.807) is 4.90 Å². The maximum Gasteiger partial charge on any atom is 0.242 e. The highest BCUT2D eigenvalue weighted by molar-refractivity contribution is 5.84. The number of nitrogens with one attached hydrogen (secondary N) is 2. The third-order valence-electron chi connectivity index (χ3n) is 2.29. The molecule has 0 unspecified atom stereocenters. The maximum absolute atomic E-state index is 11.5. The fourth-order valence-corrected chi connectivity index (χ4v) is 1.34. The van der Waals surface area contributed by atoms with E-state index in [0.717, 1.165) is 26.2 Å². The first-order valence-electron chi connectivity index (χ1n) is 4.64. The molecule has 14 heavy (non-hydrogen) atoms. The zero-order valence-corrected chi connectivity index (χ0v) is 8.42. The van der Waals surface area contributed by atoms with E-state index in [4.69, 9.17) is 11.1 Å². The summed E-state index contributed by atoms with van der Waals surface area (Å²) in [7, 11) is 2.04. The van der Waals surface area contributed by atoms with Gasteiger partial charge in [0.2, 0.25) is 5.91 Å². The molecule has 1 aliphatic rings. The molecule has 1 saturated heterocycles. The van der Waals surface area contributed by atoms with Gasteiger partial charge >= 0.3 is 0 Å². The summed E-state index contributed by atoms with van der Waals surface area (Å²) < 4.78 is 0. The first-order valence-corrected chi connectivity index (χ1v) is 4.64. The Hall–Kier alpha value is -1.30. The van der Waals surface area contributed by atoms with E-state index in [9.17, 15) is 4.79 Å². The number of nitrogens with two attached hydrogens (primary N) is 1. The van der Waals surface area contributed by atoms with Crippen molar-refractivity contribution in [1.29, 1.82) is 5.41 Å². The summed E-state index contributed by atoms with van der Waals surface area (Å²) in [5.74, 6) is -0.152. The van der Waals surface area contributed by atoms with Crippen LogP contribution >= 0.6 is 0 Å². The normalized spacial score (nSPS) is 17.9. The Kier molecular flexibility index (Phi) is 3.70. The van der Waals surface area contributed by atoms with Gasteiger partial charge in [0.25, 0.3) is 0 Å². The van der Waals surface area contributed by atoms with Crippen LogP contribution in [0.1, 0.15) is 0 Å². The molecule has 0 spiro atoms. The lowest BCUT2D eigenvalue weighted by atomic mass is 10.3. The van der Waals surface area contributed by atoms with E-state index in [1.807, 2.05) is 7.05 Å². The molecule has 0 saturated carbocycles. The van der Waals surface area contributed by atoms with Crippen LogP contribution < -0.4 is 11.1 Å². The number of amides is 1. The standard InChI is InChI=1S/C8H17N5O/c1-12-2-4-13(5-3-12)7(14)6-11-8(9)10/h2-6H2,1H3,(H4,9,10,11). The van der Waals surface area contributed by atoms with E-state index in [1.165, 1.54) is 0 Å². The summed E-state index contributed by atoms with van der Waals surface area (Å²) in [4.78, 5) is 15.5. The van der Waals surface area contributed by atoms with Crippen LogP contribution in [0, 0.1) is 5.41 Å². The van der Waals surface area contributed by atoms with Crippen LogP contribution in [-0.4, -0.2) is 61.4 Å². The Balaban J connectivity index is 2.27. The van der Waals surface area contributed by atoms with Crippen LogP contribution in [0.4, 0.5) is 0 Å². The maximum atomic E-state index is 11.5. The SMILES string of the molecule is CN1CCN(C(=O)CNC(=N)N)CC1. The van der Waals surface area contributed by atoms with Gasteiger partial charge in [0.15, 0.2) is 5.96 Å². The smallest absolute Gasteiger partial charge is 0.242 e. The molecule has 0 aliphatic carbocycles. The molecule has 6 heteroatoms. The summed E-state index contributed by atoms with van der Waals surface area (Å²) in [6, 6.07) is 0. The molecule has 0 aromatic heterocycles. The second kappa shape index (κ2) is 4.80. The van der Waals surface area contributed by atoms with E-state index >= 15 is 0 Å². The number of piperazine rings is 1. The zero-order chi connectivity index (χ0) is 10.6. The van der Waals surface area contributed by atoms with Crippen molar-refractivity contribution in [3.05, 3.63) is 0 Å². The van der Waals surface area contributed by atoms with Gasteiger partial charge in [0.1, 0.15) is 0 Å². The van der Waals surface area contributed by atoms with Gasteiger partial charge in [0.05, 0.1) is 6.54 Å². The number of hydrogen-bond acceptors (Lipinski definition) is 3. The van der Waals surface area contributed by atoms with Gasteiger partial charge in [-0.3, -0.25) is 10.2 Å². The van der Waals surface area contributed by atoms with Crippen LogP contribution in [0.2, 0.25) is 0 Å². The average Bonchev–Trinajstić information content (AvgIpc) is 2.15. The van der Waals surface area contributed by atoms with Crippen molar-refractivity contribution >= 4 is 11.9 Å². The molecule has 1 aliphatic heterocycles. The van der Waals surface area contributed by atoms with Gasteiger partial charge in [0, 0.05) is 26.2 Å². The molecule has 0 radical (unpaired) electrons. The van der Waals surface area contributed by atoms with E-state index < -0.39 is 0 Å². The lowest BCUT2D eigenvalue weighted by Gasteiger charge is -2.32. The Morgan fingerprint density at radius 1 is 1.43 bits per heavy atom. The van der Waals surface area contributed by atoms with Crippen molar-refractivity contribution in [1.82, 2.24) is 15.1 Å². The van der Waals surface area contributed by atoms with Crippen LogP contribution in [-0.2, 0) is 4.79 Å². The van der Waals surface area contributed by atoms with Crippen molar-refractivity contribution in [2.75, 3.05) is 39.8 Å². The quantitative estimate of drug-likeness (QED) is 0.363. The number of rotatable bonds is 2. The third-order valence-corrected chi connectivity index (χ3v) is 2.29. The lowest BCUT2D eigenvalue weighted by Crippen LogP contribution is -2.50. The fourth-order valence-electron chi connectivity index (χ4n) is 1.34. The minimum Gasteiger partial charge on any atom is -0.370 e. The number of nitrogens with zero attached hydrogens (tertiary/aromatic N) is 2. The van der Waals surface area contributed by atoms with Crippen LogP contribution in [0.3, 0.4) is 0 Å². The third kappa shape index (κ3) is 3.21. The predicted molar refractivity (Wildman–Crippen MR) is 54.0 cm³/mol. The van der Waals surface area contributed by atoms with Gasteiger partial charge in [-0.2, -0.15) is 0 Å². The molecule has 1 fully saturated rings. The van der Waals surface area contributed by atoms with E-state index in [-0.39, 0.29) is 18.4 Å². The Morgan fingerprint density at radius 2 is 2.00 bits per heavy atom. The van der Waals surface area contributed by atoms with Gasteiger partial charge in [-0.1, -0.05) is 0 Å². The minimum atomic E-state index is -0.160.